The van der Waals surface area contributed by atoms with Gasteiger partial charge in [-0.2, -0.15) is 0 Å². The molecule has 1 aliphatic heterocycles. The second-order valence-electron chi connectivity index (χ2n) is 6.00. The summed E-state index contributed by atoms with van der Waals surface area (Å²) in [5, 5.41) is 9.45. The first kappa shape index (κ1) is 11.0. The van der Waals surface area contributed by atoms with Gasteiger partial charge in [-0.3, -0.25) is 0 Å². The quantitative estimate of drug-likeness (QED) is 0.695. The van der Waals surface area contributed by atoms with Crippen LogP contribution < -0.4 is 5.73 Å². The lowest BCUT2D eigenvalue weighted by Gasteiger charge is -2.44. The van der Waals surface area contributed by atoms with Crippen molar-refractivity contribution in [1.29, 1.82) is 0 Å². The van der Waals surface area contributed by atoms with Crippen molar-refractivity contribution in [2.45, 2.75) is 12.8 Å². The predicted octanol–water partition coefficient (Wildman–Crippen LogP) is -0.376. The SMILES string of the molecule is NCC1(CO)C[C@@H]2[C@H](C1)[C@@H]1CS(=O)(=O)C[C@H]21. The van der Waals surface area contributed by atoms with E-state index in [1.165, 1.54) is 0 Å². The summed E-state index contributed by atoms with van der Waals surface area (Å²) in [6.07, 6.45) is 1.86. The third-order valence-corrected chi connectivity index (χ3v) is 6.98. The maximum absolute atomic E-state index is 11.5. The summed E-state index contributed by atoms with van der Waals surface area (Å²) in [4.78, 5) is 0. The zero-order chi connectivity index (χ0) is 11.6. The summed E-state index contributed by atoms with van der Waals surface area (Å²) in [6, 6.07) is 0. The van der Waals surface area contributed by atoms with E-state index in [9.17, 15) is 13.5 Å². The van der Waals surface area contributed by atoms with Gasteiger partial charge < -0.3 is 10.8 Å². The van der Waals surface area contributed by atoms with Crippen molar-refractivity contribution < 1.29 is 13.5 Å². The van der Waals surface area contributed by atoms with Gasteiger partial charge in [0.05, 0.1) is 11.5 Å². The highest BCUT2D eigenvalue weighted by atomic mass is 32.2. The maximum Gasteiger partial charge on any atom is 0.150 e. The van der Waals surface area contributed by atoms with E-state index in [2.05, 4.69) is 0 Å². The Hall–Kier alpha value is -0.130. The number of sulfone groups is 1. The fourth-order valence-electron chi connectivity index (χ4n) is 4.32. The Morgan fingerprint density at radius 1 is 1.12 bits per heavy atom. The molecule has 0 amide bonds. The minimum absolute atomic E-state index is 0.108. The van der Waals surface area contributed by atoms with E-state index < -0.39 is 9.84 Å². The molecule has 3 N–H and O–H groups in total. The van der Waals surface area contributed by atoms with Gasteiger partial charge in [-0.15, -0.1) is 0 Å². The molecule has 3 fully saturated rings. The number of rotatable bonds is 2. The Labute approximate surface area is 96.1 Å². The number of aliphatic hydroxyl groups excluding tert-OH is 1. The van der Waals surface area contributed by atoms with Crippen molar-refractivity contribution in [3.05, 3.63) is 0 Å². The fraction of sp³-hybridized carbons (Fsp3) is 1.00. The first-order valence-corrected chi connectivity index (χ1v) is 7.84. The van der Waals surface area contributed by atoms with Crippen LogP contribution in [0.3, 0.4) is 0 Å². The second kappa shape index (κ2) is 3.21. The Kier molecular flexibility index (Phi) is 2.20. The van der Waals surface area contributed by atoms with E-state index in [1.54, 1.807) is 0 Å². The minimum atomic E-state index is -2.77. The maximum atomic E-state index is 11.5. The summed E-state index contributed by atoms with van der Waals surface area (Å²) in [5.41, 5.74) is 5.65. The molecule has 0 aromatic carbocycles. The van der Waals surface area contributed by atoms with Gasteiger partial charge >= 0.3 is 0 Å². The molecule has 0 aromatic heterocycles. The van der Waals surface area contributed by atoms with E-state index in [4.69, 9.17) is 5.73 Å². The van der Waals surface area contributed by atoms with Crippen LogP contribution in [0, 0.1) is 29.1 Å². The standard InChI is InChI=1S/C11H19NO3S/c12-5-11(6-13)1-7-8(2-11)10-4-16(14,15)3-9(7)10/h7-10,13H,1-6,12H2/t7-,8+,9-,10+,11?. The summed E-state index contributed by atoms with van der Waals surface area (Å²) < 4.78 is 23.1. The molecule has 3 rings (SSSR count). The first-order valence-electron chi connectivity index (χ1n) is 6.02. The molecule has 2 aliphatic carbocycles. The van der Waals surface area contributed by atoms with E-state index in [1.807, 2.05) is 0 Å². The van der Waals surface area contributed by atoms with Crippen molar-refractivity contribution in [2.75, 3.05) is 24.7 Å². The van der Waals surface area contributed by atoms with Crippen molar-refractivity contribution in [1.82, 2.24) is 0 Å². The zero-order valence-corrected chi connectivity index (χ0v) is 10.1. The van der Waals surface area contributed by atoms with Crippen molar-refractivity contribution in [3.63, 3.8) is 0 Å². The molecular formula is C11H19NO3S. The van der Waals surface area contributed by atoms with Crippen LogP contribution in [-0.2, 0) is 9.84 Å². The normalized spacial score (nSPS) is 53.1. The van der Waals surface area contributed by atoms with Crippen LogP contribution in [0.4, 0.5) is 0 Å². The third-order valence-electron chi connectivity index (χ3n) is 5.20. The van der Waals surface area contributed by atoms with Crippen LogP contribution in [0.25, 0.3) is 0 Å². The molecule has 5 heteroatoms. The van der Waals surface area contributed by atoms with Gasteiger partial charge in [0, 0.05) is 18.6 Å². The largest absolute Gasteiger partial charge is 0.396 e. The van der Waals surface area contributed by atoms with Gasteiger partial charge in [0.15, 0.2) is 9.84 Å². The lowest BCUT2D eigenvalue weighted by molar-refractivity contribution is 0.0462. The Balaban J connectivity index is 1.80. The lowest BCUT2D eigenvalue weighted by atomic mass is 9.60. The van der Waals surface area contributed by atoms with Gasteiger partial charge in [-0.25, -0.2) is 8.42 Å². The second-order valence-corrected chi connectivity index (χ2v) is 8.16. The molecule has 5 atom stereocenters. The fourth-order valence-corrected chi connectivity index (χ4v) is 6.62. The van der Waals surface area contributed by atoms with E-state index in [-0.39, 0.29) is 12.0 Å². The molecule has 1 saturated heterocycles. The summed E-state index contributed by atoms with van der Waals surface area (Å²) in [7, 11) is -2.77. The van der Waals surface area contributed by atoms with Crippen molar-refractivity contribution in [2.24, 2.45) is 34.8 Å². The van der Waals surface area contributed by atoms with E-state index in [0.29, 0.717) is 41.7 Å². The molecule has 1 unspecified atom stereocenters. The minimum Gasteiger partial charge on any atom is -0.396 e. The molecule has 1 heterocycles. The van der Waals surface area contributed by atoms with Crippen molar-refractivity contribution in [3.8, 4) is 0 Å². The monoisotopic (exact) mass is 245 g/mol. The molecule has 0 radical (unpaired) electrons. The Morgan fingerprint density at radius 3 is 2.00 bits per heavy atom. The molecule has 16 heavy (non-hydrogen) atoms. The van der Waals surface area contributed by atoms with E-state index in [0.717, 1.165) is 12.8 Å². The molecular weight excluding hydrogens is 226 g/mol. The zero-order valence-electron chi connectivity index (χ0n) is 9.30. The smallest absolute Gasteiger partial charge is 0.150 e. The summed E-state index contributed by atoms with van der Waals surface area (Å²) >= 11 is 0. The van der Waals surface area contributed by atoms with Crippen LogP contribution in [0.5, 0.6) is 0 Å². The Bertz CT molecular complexity index is 373. The molecule has 4 nitrogen and oxygen atoms in total. The Morgan fingerprint density at radius 2 is 1.62 bits per heavy atom. The number of fused-ring (bicyclic) bond motifs is 4. The number of hydrogen-bond acceptors (Lipinski definition) is 4. The van der Waals surface area contributed by atoms with Crippen molar-refractivity contribution >= 4 is 9.84 Å². The van der Waals surface area contributed by atoms with Gasteiger partial charge in [-0.1, -0.05) is 0 Å². The number of nitrogens with two attached hydrogens (primary N) is 1. The van der Waals surface area contributed by atoms with Crippen LogP contribution in [0.2, 0.25) is 0 Å². The van der Waals surface area contributed by atoms with Crippen LogP contribution in [0.15, 0.2) is 0 Å². The van der Waals surface area contributed by atoms with Crippen LogP contribution in [0.1, 0.15) is 12.8 Å². The summed E-state index contributed by atoms with van der Waals surface area (Å²) in [6.45, 7) is 0.686. The molecule has 0 aromatic rings. The molecule has 0 bridgehead atoms. The van der Waals surface area contributed by atoms with Gasteiger partial charge in [0.1, 0.15) is 0 Å². The van der Waals surface area contributed by atoms with Gasteiger partial charge in [0.25, 0.3) is 0 Å². The molecule has 3 aliphatic rings. The average Bonchev–Trinajstić information content (AvgIpc) is 2.73. The lowest BCUT2D eigenvalue weighted by Crippen LogP contribution is -2.42. The topological polar surface area (TPSA) is 80.4 Å². The molecule has 2 saturated carbocycles. The highest BCUT2D eigenvalue weighted by Crippen LogP contribution is 2.63. The van der Waals surface area contributed by atoms with Crippen LogP contribution in [-0.4, -0.2) is 38.2 Å². The first-order chi connectivity index (χ1) is 7.50. The number of aliphatic hydroxyl groups is 1. The highest BCUT2D eigenvalue weighted by molar-refractivity contribution is 7.91. The number of hydrogen-bond donors (Lipinski definition) is 2. The highest BCUT2D eigenvalue weighted by Gasteiger charge is 2.63. The van der Waals surface area contributed by atoms with Gasteiger partial charge in [-0.05, 0) is 36.5 Å². The van der Waals surface area contributed by atoms with Crippen LogP contribution >= 0.6 is 0 Å². The summed E-state index contributed by atoms with van der Waals surface area (Å²) in [5.74, 6) is 2.52. The van der Waals surface area contributed by atoms with E-state index >= 15 is 0 Å². The molecule has 92 valence electrons. The molecule has 0 spiro atoms. The van der Waals surface area contributed by atoms with Gasteiger partial charge in [0.2, 0.25) is 0 Å². The predicted molar refractivity (Wildman–Crippen MR) is 60.4 cm³/mol. The average molecular weight is 245 g/mol. The third kappa shape index (κ3) is 1.31.